The first-order chi connectivity index (χ1) is 16.6. The monoisotopic (exact) mass is 460 g/mol. The van der Waals surface area contributed by atoms with Gasteiger partial charge in [0.05, 0.1) is 20.3 Å². The molecule has 1 heterocycles. The topological polar surface area (TPSA) is 64.8 Å². The average Bonchev–Trinajstić information content (AvgIpc) is 3.34. The van der Waals surface area contributed by atoms with Crippen LogP contribution in [0.2, 0.25) is 0 Å². The quantitative estimate of drug-likeness (QED) is 0.324. The van der Waals surface area contributed by atoms with Crippen molar-refractivity contribution in [2.24, 2.45) is 0 Å². The third kappa shape index (κ3) is 6.30. The molecule has 0 saturated heterocycles. The highest BCUT2D eigenvalue weighted by molar-refractivity contribution is 5.77. The predicted molar refractivity (Wildman–Crippen MR) is 125 cm³/mol. The first-order valence-electron chi connectivity index (χ1n) is 10.8. The van der Waals surface area contributed by atoms with Crippen LogP contribution in [-0.2, 0) is 29.2 Å². The number of carbonyl (C=O) groups excluding carboxylic acids is 1. The Bertz CT molecular complexity index is 1210. The number of hydrogen-bond donors (Lipinski definition) is 0. The summed E-state index contributed by atoms with van der Waals surface area (Å²) in [5, 5.41) is 4.14. The second-order valence-corrected chi connectivity index (χ2v) is 7.77. The highest BCUT2D eigenvalue weighted by Gasteiger charge is 2.18. The van der Waals surface area contributed by atoms with Crippen LogP contribution in [0.3, 0.4) is 0 Å². The summed E-state index contributed by atoms with van der Waals surface area (Å²) in [5.74, 6) is 0.751. The Morgan fingerprint density at radius 1 is 0.941 bits per heavy atom. The number of halogens is 1. The number of carbonyl (C=O) groups is 1. The summed E-state index contributed by atoms with van der Waals surface area (Å²) in [6.07, 6.45) is 0. The maximum atomic E-state index is 13.3. The normalized spacial score (nSPS) is 10.8. The molecule has 0 aliphatic rings. The van der Waals surface area contributed by atoms with Gasteiger partial charge in [-0.1, -0.05) is 59.8 Å². The van der Waals surface area contributed by atoms with Crippen LogP contribution in [0.5, 0.6) is 5.75 Å². The van der Waals surface area contributed by atoms with Crippen LogP contribution in [-0.4, -0.2) is 29.7 Å². The van der Waals surface area contributed by atoms with Crippen LogP contribution in [0, 0.1) is 5.82 Å². The van der Waals surface area contributed by atoms with E-state index in [-0.39, 0.29) is 31.4 Å². The first-order valence-corrected chi connectivity index (χ1v) is 10.8. The SMILES string of the molecule is COc1cccc(-c2cc(CN(Cc3ccc(F)cc3)C(=O)COCc3ccccc3)no2)c1. The molecule has 3 aromatic carbocycles. The lowest BCUT2D eigenvalue weighted by atomic mass is 10.1. The molecule has 0 radical (unpaired) electrons. The van der Waals surface area contributed by atoms with Gasteiger partial charge in [-0.05, 0) is 35.4 Å². The Hall–Kier alpha value is -3.97. The molecular formula is C27H25FN2O4. The number of hydrogen-bond acceptors (Lipinski definition) is 5. The van der Waals surface area contributed by atoms with Gasteiger partial charge in [0.25, 0.3) is 0 Å². The summed E-state index contributed by atoms with van der Waals surface area (Å²) in [4.78, 5) is 14.6. The van der Waals surface area contributed by atoms with E-state index in [0.29, 0.717) is 23.8 Å². The molecule has 7 heteroatoms. The van der Waals surface area contributed by atoms with E-state index in [1.165, 1.54) is 12.1 Å². The van der Waals surface area contributed by atoms with Crippen molar-refractivity contribution in [2.75, 3.05) is 13.7 Å². The summed E-state index contributed by atoms with van der Waals surface area (Å²) in [6.45, 7) is 0.755. The number of ether oxygens (including phenoxy) is 2. The van der Waals surface area contributed by atoms with Crippen LogP contribution in [0.15, 0.2) is 89.5 Å². The van der Waals surface area contributed by atoms with E-state index in [1.54, 1.807) is 30.2 Å². The van der Waals surface area contributed by atoms with Crippen LogP contribution >= 0.6 is 0 Å². The fraction of sp³-hybridized carbons (Fsp3) is 0.185. The molecule has 0 aliphatic heterocycles. The second-order valence-electron chi connectivity index (χ2n) is 7.77. The molecule has 1 amide bonds. The van der Waals surface area contributed by atoms with Crippen LogP contribution < -0.4 is 4.74 Å². The van der Waals surface area contributed by atoms with E-state index < -0.39 is 0 Å². The van der Waals surface area contributed by atoms with Crippen LogP contribution in [0.25, 0.3) is 11.3 Å². The minimum Gasteiger partial charge on any atom is -0.497 e. The van der Waals surface area contributed by atoms with Gasteiger partial charge < -0.3 is 18.9 Å². The van der Waals surface area contributed by atoms with E-state index in [0.717, 1.165) is 16.7 Å². The highest BCUT2D eigenvalue weighted by atomic mass is 19.1. The fourth-order valence-electron chi connectivity index (χ4n) is 3.46. The third-order valence-corrected chi connectivity index (χ3v) is 5.24. The average molecular weight is 461 g/mol. The summed E-state index contributed by atoms with van der Waals surface area (Å²) >= 11 is 0. The standard InChI is InChI=1S/C27H25FN2O4/c1-32-25-9-5-8-22(14-25)26-15-24(29-34-26)17-30(16-20-10-12-23(28)13-11-20)27(31)19-33-18-21-6-3-2-4-7-21/h2-15H,16-19H2,1H3. The van der Waals surface area contributed by atoms with Gasteiger partial charge >= 0.3 is 0 Å². The lowest BCUT2D eigenvalue weighted by Gasteiger charge is -2.22. The summed E-state index contributed by atoms with van der Waals surface area (Å²) < 4.78 is 29.8. The molecule has 174 valence electrons. The highest BCUT2D eigenvalue weighted by Crippen LogP contribution is 2.25. The molecule has 4 rings (SSSR count). The van der Waals surface area contributed by atoms with Crippen molar-refractivity contribution in [3.8, 4) is 17.1 Å². The Morgan fingerprint density at radius 3 is 2.50 bits per heavy atom. The molecule has 0 unspecified atom stereocenters. The number of aromatic nitrogens is 1. The minimum atomic E-state index is -0.327. The molecule has 34 heavy (non-hydrogen) atoms. The zero-order valence-electron chi connectivity index (χ0n) is 18.8. The summed E-state index contributed by atoms with van der Waals surface area (Å²) in [7, 11) is 1.60. The molecule has 1 aromatic heterocycles. The van der Waals surface area contributed by atoms with Crippen molar-refractivity contribution in [1.82, 2.24) is 10.1 Å². The number of methoxy groups -OCH3 is 1. The van der Waals surface area contributed by atoms with Gasteiger partial charge in [-0.2, -0.15) is 0 Å². The van der Waals surface area contributed by atoms with Gasteiger partial charge in [0.2, 0.25) is 5.91 Å². The zero-order chi connectivity index (χ0) is 23.8. The molecule has 0 atom stereocenters. The summed E-state index contributed by atoms with van der Waals surface area (Å²) in [5.41, 5.74) is 3.20. The minimum absolute atomic E-state index is 0.0866. The van der Waals surface area contributed by atoms with E-state index in [2.05, 4.69) is 5.16 Å². The molecule has 0 aliphatic carbocycles. The van der Waals surface area contributed by atoms with Crippen molar-refractivity contribution in [3.05, 3.63) is 108 Å². The van der Waals surface area contributed by atoms with Crippen LogP contribution in [0.1, 0.15) is 16.8 Å². The molecule has 0 saturated carbocycles. The largest absolute Gasteiger partial charge is 0.497 e. The Morgan fingerprint density at radius 2 is 1.74 bits per heavy atom. The van der Waals surface area contributed by atoms with Crippen molar-refractivity contribution in [1.29, 1.82) is 0 Å². The maximum Gasteiger partial charge on any atom is 0.249 e. The number of amides is 1. The van der Waals surface area contributed by atoms with Gasteiger partial charge in [0, 0.05) is 18.2 Å². The van der Waals surface area contributed by atoms with Crippen LogP contribution in [0.4, 0.5) is 4.39 Å². The van der Waals surface area contributed by atoms with Gasteiger partial charge in [0.15, 0.2) is 5.76 Å². The molecule has 4 aromatic rings. The second kappa shape index (κ2) is 11.2. The van der Waals surface area contributed by atoms with Gasteiger partial charge in [-0.25, -0.2) is 4.39 Å². The maximum absolute atomic E-state index is 13.3. The van der Waals surface area contributed by atoms with E-state index >= 15 is 0 Å². The Kier molecular flexibility index (Phi) is 7.67. The fourth-order valence-corrected chi connectivity index (χ4v) is 3.46. The Labute approximate surface area is 197 Å². The van der Waals surface area contributed by atoms with Crippen molar-refractivity contribution in [2.45, 2.75) is 19.7 Å². The van der Waals surface area contributed by atoms with E-state index in [9.17, 15) is 9.18 Å². The van der Waals surface area contributed by atoms with Crippen molar-refractivity contribution >= 4 is 5.91 Å². The zero-order valence-corrected chi connectivity index (χ0v) is 18.8. The molecule has 0 fully saturated rings. The molecular weight excluding hydrogens is 435 g/mol. The third-order valence-electron chi connectivity index (χ3n) is 5.24. The molecule has 0 spiro atoms. The van der Waals surface area contributed by atoms with E-state index in [4.69, 9.17) is 14.0 Å². The smallest absolute Gasteiger partial charge is 0.249 e. The lowest BCUT2D eigenvalue weighted by Crippen LogP contribution is -2.33. The Balaban J connectivity index is 1.46. The predicted octanol–water partition coefficient (Wildman–Crippen LogP) is 5.23. The van der Waals surface area contributed by atoms with Gasteiger partial charge in [-0.3, -0.25) is 4.79 Å². The number of benzene rings is 3. The van der Waals surface area contributed by atoms with Crippen molar-refractivity contribution in [3.63, 3.8) is 0 Å². The lowest BCUT2D eigenvalue weighted by molar-refractivity contribution is -0.138. The van der Waals surface area contributed by atoms with Gasteiger partial charge in [0.1, 0.15) is 23.9 Å². The molecule has 0 bridgehead atoms. The van der Waals surface area contributed by atoms with Crippen molar-refractivity contribution < 1.29 is 23.2 Å². The number of rotatable bonds is 10. The van der Waals surface area contributed by atoms with Gasteiger partial charge in [-0.15, -0.1) is 0 Å². The molecule has 0 N–H and O–H groups in total. The first kappa shape index (κ1) is 23.2. The molecule has 6 nitrogen and oxygen atoms in total. The summed E-state index contributed by atoms with van der Waals surface area (Å²) in [6, 6.07) is 25.0. The van der Waals surface area contributed by atoms with E-state index in [1.807, 2.05) is 54.6 Å². The number of nitrogens with zero attached hydrogens (tertiary/aromatic N) is 2.